The second-order valence-electron chi connectivity index (χ2n) is 8.41. The van der Waals surface area contributed by atoms with E-state index in [1.807, 2.05) is 4.90 Å². The summed E-state index contributed by atoms with van der Waals surface area (Å²) in [7, 11) is 1.45. The summed E-state index contributed by atoms with van der Waals surface area (Å²) in [6.45, 7) is 1.08. The first kappa shape index (κ1) is 20.8. The molecule has 170 valence electrons. The number of ether oxygens (including phenoxy) is 2. The molecule has 3 aliphatic heterocycles. The average molecular weight is 444 g/mol. The van der Waals surface area contributed by atoms with Gasteiger partial charge in [0.15, 0.2) is 11.5 Å². The summed E-state index contributed by atoms with van der Waals surface area (Å²) in [6, 6.07) is 2.94. The van der Waals surface area contributed by atoms with Gasteiger partial charge in [-0.05, 0) is 31.7 Å². The Balaban J connectivity index is 1.51. The molecule has 0 radical (unpaired) electrons. The van der Waals surface area contributed by atoms with Crippen LogP contribution in [0.3, 0.4) is 0 Å². The van der Waals surface area contributed by atoms with Gasteiger partial charge in [-0.15, -0.1) is 0 Å². The molecule has 2 aromatic heterocycles. The monoisotopic (exact) mass is 444 g/mol. The lowest BCUT2D eigenvalue weighted by molar-refractivity contribution is -0.123. The minimum atomic E-state index is -0.623. The van der Waals surface area contributed by atoms with Gasteiger partial charge in [0.05, 0.1) is 25.6 Å². The summed E-state index contributed by atoms with van der Waals surface area (Å²) in [5.41, 5.74) is 6.30. The Morgan fingerprint density at radius 2 is 2.03 bits per heavy atom. The van der Waals surface area contributed by atoms with Gasteiger partial charge in [0.2, 0.25) is 18.1 Å². The molecule has 0 spiro atoms. The molecule has 5 rings (SSSR count). The molecule has 3 aliphatic rings. The molecule has 2 aromatic rings. The number of piperidine rings is 1. The summed E-state index contributed by atoms with van der Waals surface area (Å²) in [5.74, 6) is -1.08. The van der Waals surface area contributed by atoms with Gasteiger partial charge in [-0.1, -0.05) is 0 Å². The normalized spacial score (nSPS) is 27.0. The zero-order chi connectivity index (χ0) is 22.4. The highest BCUT2D eigenvalue weighted by atomic mass is 19.1. The number of nitrogens with two attached hydrogens (primary N) is 1. The number of halogens is 1. The van der Waals surface area contributed by atoms with Crippen molar-refractivity contribution in [2.75, 3.05) is 20.3 Å². The summed E-state index contributed by atoms with van der Waals surface area (Å²) in [6.07, 6.45) is 3.24. The van der Waals surface area contributed by atoms with E-state index in [1.165, 1.54) is 17.9 Å². The molecule has 0 aromatic carbocycles. The molecule has 3 N–H and O–H groups in total. The molecular weight excluding hydrogens is 419 g/mol. The van der Waals surface area contributed by atoms with Crippen molar-refractivity contribution in [3.63, 3.8) is 0 Å². The van der Waals surface area contributed by atoms with Gasteiger partial charge in [0.25, 0.3) is 5.91 Å². The van der Waals surface area contributed by atoms with Crippen LogP contribution in [0, 0.1) is 11.7 Å². The van der Waals surface area contributed by atoms with E-state index in [9.17, 15) is 14.0 Å². The van der Waals surface area contributed by atoms with Crippen LogP contribution in [0.2, 0.25) is 0 Å². The van der Waals surface area contributed by atoms with E-state index in [4.69, 9.17) is 15.2 Å². The zero-order valence-corrected chi connectivity index (χ0v) is 17.7. The molecule has 5 heterocycles. The number of amides is 2. The molecular formula is C21H25FN6O4. The first-order valence-corrected chi connectivity index (χ1v) is 10.7. The van der Waals surface area contributed by atoms with Gasteiger partial charge < -0.3 is 20.1 Å². The van der Waals surface area contributed by atoms with E-state index in [0.29, 0.717) is 31.7 Å². The third-order valence-corrected chi connectivity index (χ3v) is 6.56. The van der Waals surface area contributed by atoms with Gasteiger partial charge in [0, 0.05) is 36.2 Å². The van der Waals surface area contributed by atoms with Gasteiger partial charge in [-0.2, -0.15) is 5.10 Å². The molecule has 3 atom stereocenters. The second kappa shape index (κ2) is 8.14. The van der Waals surface area contributed by atoms with E-state index in [1.54, 1.807) is 6.07 Å². The number of hydrogen-bond donors (Lipinski definition) is 2. The Kier molecular flexibility index (Phi) is 5.30. The average Bonchev–Trinajstić information content (AvgIpc) is 3.51. The van der Waals surface area contributed by atoms with Crippen molar-refractivity contribution in [2.24, 2.45) is 11.7 Å². The van der Waals surface area contributed by atoms with Gasteiger partial charge in [-0.25, -0.2) is 14.1 Å². The first-order chi connectivity index (χ1) is 15.5. The van der Waals surface area contributed by atoms with E-state index < -0.39 is 12.2 Å². The van der Waals surface area contributed by atoms with E-state index in [2.05, 4.69) is 15.4 Å². The van der Waals surface area contributed by atoms with Crippen LogP contribution in [0.1, 0.15) is 42.5 Å². The predicted octanol–water partition coefficient (Wildman–Crippen LogP) is 1.04. The maximum absolute atomic E-state index is 14.7. The summed E-state index contributed by atoms with van der Waals surface area (Å²) >= 11 is 0. The quantitative estimate of drug-likeness (QED) is 0.706. The Morgan fingerprint density at radius 3 is 2.66 bits per heavy atom. The molecule has 10 nitrogen and oxygen atoms in total. The van der Waals surface area contributed by atoms with Crippen molar-refractivity contribution in [1.29, 1.82) is 0 Å². The lowest BCUT2D eigenvalue weighted by Crippen LogP contribution is -2.49. The number of aromatic nitrogens is 3. The third-order valence-electron chi connectivity index (χ3n) is 6.56. The molecule has 11 heteroatoms. The largest absolute Gasteiger partial charge is 0.481 e. The number of carbonyl (C=O) groups is 2. The standard InChI is InChI=1S/C21H25FN6O4/c1-31-18-8-14(15(22)10-25-18)17-9-16(26-28(17)21-24-4-5-32-21)20(30)27-12-2-3-13(27)7-11(6-12)19(23)29/h8-13,21,24H,2-7H2,1H3,(H2,23,29). The fraction of sp³-hybridized carbons (Fsp3) is 0.524. The number of pyridine rings is 1. The second-order valence-corrected chi connectivity index (χ2v) is 8.41. The first-order valence-electron chi connectivity index (χ1n) is 10.7. The maximum Gasteiger partial charge on any atom is 0.274 e. The Labute approximate surface area is 183 Å². The molecule has 2 bridgehead atoms. The maximum atomic E-state index is 14.7. The Bertz CT molecular complexity index is 1040. The predicted molar refractivity (Wildman–Crippen MR) is 110 cm³/mol. The molecule has 2 amide bonds. The minimum Gasteiger partial charge on any atom is -0.481 e. The number of nitrogens with one attached hydrogen (secondary N) is 1. The summed E-state index contributed by atoms with van der Waals surface area (Å²) in [5, 5.41) is 7.65. The number of fused-ring (bicyclic) bond motifs is 2. The fourth-order valence-corrected chi connectivity index (χ4v) is 5.05. The molecule has 3 fully saturated rings. The fourth-order valence-electron chi connectivity index (χ4n) is 5.05. The van der Waals surface area contributed by atoms with E-state index in [0.717, 1.165) is 19.0 Å². The van der Waals surface area contributed by atoms with Crippen molar-refractivity contribution in [1.82, 2.24) is 25.0 Å². The number of nitrogens with zero attached hydrogens (tertiary/aromatic N) is 4. The van der Waals surface area contributed by atoms with Crippen LogP contribution in [-0.2, 0) is 9.53 Å². The van der Waals surface area contributed by atoms with Gasteiger partial charge in [-0.3, -0.25) is 14.9 Å². The topological polar surface area (TPSA) is 125 Å². The summed E-state index contributed by atoms with van der Waals surface area (Å²) in [4.78, 5) is 30.9. The highest BCUT2D eigenvalue weighted by Crippen LogP contribution is 2.40. The van der Waals surface area contributed by atoms with Crippen LogP contribution in [0.4, 0.5) is 4.39 Å². The molecule has 0 aliphatic carbocycles. The van der Waals surface area contributed by atoms with Crippen molar-refractivity contribution < 1.29 is 23.5 Å². The van der Waals surface area contributed by atoms with E-state index >= 15 is 0 Å². The highest BCUT2D eigenvalue weighted by Gasteiger charge is 2.45. The number of hydrogen-bond acceptors (Lipinski definition) is 7. The Morgan fingerprint density at radius 1 is 1.28 bits per heavy atom. The molecule has 0 saturated carbocycles. The van der Waals surface area contributed by atoms with Crippen LogP contribution in [0.25, 0.3) is 11.3 Å². The van der Waals surface area contributed by atoms with Crippen molar-refractivity contribution in [3.8, 4) is 17.1 Å². The van der Waals surface area contributed by atoms with Crippen LogP contribution in [-0.4, -0.2) is 63.8 Å². The number of carbonyl (C=O) groups excluding carboxylic acids is 2. The smallest absolute Gasteiger partial charge is 0.274 e. The molecule has 3 saturated heterocycles. The third kappa shape index (κ3) is 3.51. The highest BCUT2D eigenvalue weighted by molar-refractivity contribution is 5.94. The lowest BCUT2D eigenvalue weighted by atomic mass is 9.90. The Hall–Kier alpha value is -3.05. The van der Waals surface area contributed by atoms with Crippen LogP contribution < -0.4 is 15.8 Å². The van der Waals surface area contributed by atoms with Crippen molar-refractivity contribution in [3.05, 3.63) is 29.8 Å². The van der Waals surface area contributed by atoms with Gasteiger partial charge >= 0.3 is 0 Å². The zero-order valence-electron chi connectivity index (χ0n) is 17.7. The SMILES string of the molecule is COc1cc(-c2cc(C(=O)N3C4CCC3CC(C(N)=O)C4)nn2C2NCCO2)c(F)cn1. The number of methoxy groups -OCH3 is 1. The lowest BCUT2D eigenvalue weighted by Gasteiger charge is -2.37. The number of rotatable bonds is 5. The minimum absolute atomic E-state index is 0.0500. The van der Waals surface area contributed by atoms with Crippen molar-refractivity contribution in [2.45, 2.75) is 44.1 Å². The van der Waals surface area contributed by atoms with Crippen LogP contribution in [0.15, 0.2) is 18.3 Å². The molecule has 3 unspecified atom stereocenters. The number of primary amides is 1. The van der Waals surface area contributed by atoms with Crippen LogP contribution >= 0.6 is 0 Å². The molecule has 32 heavy (non-hydrogen) atoms. The summed E-state index contributed by atoms with van der Waals surface area (Å²) < 4.78 is 27.0. The van der Waals surface area contributed by atoms with Crippen LogP contribution in [0.5, 0.6) is 5.88 Å². The van der Waals surface area contributed by atoms with E-state index in [-0.39, 0.29) is 47.0 Å². The van der Waals surface area contributed by atoms with Gasteiger partial charge in [0.1, 0.15) is 0 Å². The van der Waals surface area contributed by atoms with Crippen molar-refractivity contribution >= 4 is 11.8 Å².